The topological polar surface area (TPSA) is 62.2 Å². The molecule has 6 rings (SSSR count). The molecule has 4 heteroatoms. The minimum absolute atomic E-state index is 0.0179. The molecule has 5 saturated carbocycles. The minimum Gasteiger partial charge on any atom is -0.393 e. The van der Waals surface area contributed by atoms with Gasteiger partial charge in [0.15, 0.2) is 0 Å². The van der Waals surface area contributed by atoms with Gasteiger partial charge in [-0.2, -0.15) is 0 Å². The maximum absolute atomic E-state index is 14.2. The van der Waals surface area contributed by atoms with E-state index < -0.39 is 0 Å². The molecule has 1 aromatic rings. The predicted molar refractivity (Wildman–Crippen MR) is 161 cm³/mol. The van der Waals surface area contributed by atoms with E-state index in [0.29, 0.717) is 36.1 Å². The van der Waals surface area contributed by atoms with E-state index in [1.54, 1.807) is 0 Å². The van der Waals surface area contributed by atoms with Crippen LogP contribution in [0.2, 0.25) is 0 Å². The van der Waals surface area contributed by atoms with E-state index in [-0.39, 0.29) is 39.1 Å². The Balaban J connectivity index is 1.34. The quantitative estimate of drug-likeness (QED) is 0.380. The summed E-state index contributed by atoms with van der Waals surface area (Å²) >= 11 is 0. The predicted octanol–water partition coefficient (Wildman–Crippen LogP) is 7.72. The minimum atomic E-state index is -0.288. The lowest BCUT2D eigenvalue weighted by molar-refractivity contribution is -0.246. The number of carbonyl (C=O) groups is 1. The van der Waals surface area contributed by atoms with Gasteiger partial charge in [-0.1, -0.05) is 52.8 Å². The second kappa shape index (κ2) is 9.41. The third-order valence-electron chi connectivity index (χ3n) is 14.7. The fraction of sp³-hybridized carbons (Fsp3) is 0.778. The number of amides is 1. The molecule has 1 unspecified atom stereocenters. The largest absolute Gasteiger partial charge is 0.393 e. The van der Waals surface area contributed by atoms with Crippen LogP contribution in [0.5, 0.6) is 0 Å². The van der Waals surface area contributed by atoms with Crippen LogP contribution in [0.25, 0.3) is 0 Å². The molecule has 0 radical (unpaired) electrons. The standard InChI is InChI=1S/C36H54N2O2/c1-23(2)25-13-18-36(31(40)38-22-24-10-8-9-21-37-24)20-19-34(6)26(30(25)36)11-12-28-33(5)16-15-29(39)32(3,4)27(33)14-17-35(28,34)7/h8-10,21,25-30,39H,1,11-20,22H2,2-7H3,(H,38,40)/t25-,26+,27-,28+,29-,30?,33-,34+,35+,36-/m0/s1. The van der Waals surface area contributed by atoms with Crippen LogP contribution in [0.1, 0.15) is 111 Å². The van der Waals surface area contributed by atoms with Gasteiger partial charge in [0.1, 0.15) is 0 Å². The molecule has 1 heterocycles. The average Bonchev–Trinajstić information content (AvgIpc) is 3.32. The van der Waals surface area contributed by atoms with Crippen LogP contribution < -0.4 is 5.32 Å². The number of aliphatic hydroxyl groups is 1. The van der Waals surface area contributed by atoms with Crippen molar-refractivity contribution >= 4 is 5.91 Å². The smallest absolute Gasteiger partial charge is 0.226 e. The Morgan fingerprint density at radius 2 is 1.73 bits per heavy atom. The number of fused-ring (bicyclic) bond motifs is 7. The van der Waals surface area contributed by atoms with Crippen molar-refractivity contribution in [3.05, 3.63) is 42.2 Å². The molecule has 2 N–H and O–H groups in total. The first-order chi connectivity index (χ1) is 18.8. The van der Waals surface area contributed by atoms with E-state index in [9.17, 15) is 9.90 Å². The number of hydrogen-bond acceptors (Lipinski definition) is 3. The van der Waals surface area contributed by atoms with Crippen LogP contribution in [0.3, 0.4) is 0 Å². The summed E-state index contributed by atoms with van der Waals surface area (Å²) < 4.78 is 0. The van der Waals surface area contributed by atoms with E-state index in [0.717, 1.165) is 44.2 Å². The highest BCUT2D eigenvalue weighted by molar-refractivity contribution is 5.83. The van der Waals surface area contributed by atoms with Crippen molar-refractivity contribution in [3.63, 3.8) is 0 Å². The molecule has 5 fully saturated rings. The summed E-state index contributed by atoms with van der Waals surface area (Å²) in [6.45, 7) is 19.8. The maximum atomic E-state index is 14.2. The maximum Gasteiger partial charge on any atom is 0.226 e. The summed E-state index contributed by atoms with van der Waals surface area (Å²) in [6.07, 6.45) is 12.9. The summed E-state index contributed by atoms with van der Waals surface area (Å²) in [6, 6.07) is 5.93. The van der Waals surface area contributed by atoms with Gasteiger partial charge in [-0.3, -0.25) is 9.78 Å². The summed E-state index contributed by atoms with van der Waals surface area (Å²) in [5.74, 6) is 2.88. The zero-order valence-corrected chi connectivity index (χ0v) is 26.1. The Hall–Kier alpha value is -1.68. The molecule has 5 aliphatic rings. The van der Waals surface area contributed by atoms with E-state index in [2.05, 4.69) is 58.4 Å². The highest BCUT2D eigenvalue weighted by Crippen LogP contribution is 2.77. The van der Waals surface area contributed by atoms with Gasteiger partial charge in [-0.25, -0.2) is 0 Å². The first-order valence-electron chi connectivity index (χ1n) is 16.3. The number of aromatic nitrogens is 1. The second-order valence-electron chi connectivity index (χ2n) is 16.2. The summed E-state index contributed by atoms with van der Waals surface area (Å²) in [7, 11) is 0. The van der Waals surface area contributed by atoms with Gasteiger partial charge >= 0.3 is 0 Å². The second-order valence-corrected chi connectivity index (χ2v) is 16.2. The number of nitrogens with one attached hydrogen (secondary N) is 1. The molecular formula is C36H54N2O2. The molecule has 10 atom stereocenters. The lowest BCUT2D eigenvalue weighted by atomic mass is 9.32. The van der Waals surface area contributed by atoms with Crippen molar-refractivity contribution < 1.29 is 9.90 Å². The third kappa shape index (κ3) is 3.72. The van der Waals surface area contributed by atoms with E-state index in [1.165, 1.54) is 31.3 Å². The first-order valence-corrected chi connectivity index (χ1v) is 16.3. The summed E-state index contributed by atoms with van der Waals surface area (Å²) in [4.78, 5) is 18.7. The van der Waals surface area contributed by atoms with E-state index in [4.69, 9.17) is 0 Å². The highest BCUT2D eigenvalue weighted by atomic mass is 16.3. The fourth-order valence-electron chi connectivity index (χ4n) is 12.4. The van der Waals surface area contributed by atoms with Crippen LogP contribution in [0, 0.1) is 56.7 Å². The first kappa shape index (κ1) is 28.4. The molecule has 5 aliphatic carbocycles. The van der Waals surface area contributed by atoms with Crippen molar-refractivity contribution in [3.8, 4) is 0 Å². The number of hydrogen-bond donors (Lipinski definition) is 2. The van der Waals surface area contributed by atoms with Gasteiger partial charge in [-0.05, 0) is 135 Å². The van der Waals surface area contributed by atoms with Crippen molar-refractivity contribution in [2.75, 3.05) is 0 Å². The Kier molecular flexibility index (Phi) is 6.69. The Morgan fingerprint density at radius 3 is 2.42 bits per heavy atom. The van der Waals surface area contributed by atoms with Crippen molar-refractivity contribution in [2.45, 2.75) is 118 Å². The van der Waals surface area contributed by atoms with Crippen LogP contribution >= 0.6 is 0 Å². The van der Waals surface area contributed by atoms with Gasteiger partial charge in [0, 0.05) is 6.20 Å². The lowest BCUT2D eigenvalue weighted by Crippen LogP contribution is -2.67. The number of pyridine rings is 1. The molecule has 4 nitrogen and oxygen atoms in total. The lowest BCUT2D eigenvalue weighted by Gasteiger charge is -2.72. The SMILES string of the molecule is C=C(C)[C@@H]1CC[C@]2(C(=O)NCc3ccccn3)CC[C@]3(C)[C@H](CC[C@@H]4[C@@]5(C)CC[C@H](O)C(C)(C)[C@@H]5CC[C@]43C)C12. The summed E-state index contributed by atoms with van der Waals surface area (Å²) in [5, 5.41) is 14.4. The van der Waals surface area contributed by atoms with Crippen molar-refractivity contribution in [1.29, 1.82) is 0 Å². The number of allylic oxidation sites excluding steroid dienone is 1. The molecule has 0 aromatic carbocycles. The van der Waals surface area contributed by atoms with Crippen LogP contribution in [0.15, 0.2) is 36.5 Å². The monoisotopic (exact) mass is 546 g/mol. The van der Waals surface area contributed by atoms with Crippen LogP contribution in [-0.2, 0) is 11.3 Å². The number of nitrogens with zero attached hydrogens (tertiary/aromatic N) is 1. The molecule has 1 amide bonds. The Labute approximate surface area is 243 Å². The Morgan fingerprint density at radius 1 is 0.950 bits per heavy atom. The zero-order valence-electron chi connectivity index (χ0n) is 26.1. The zero-order chi connectivity index (χ0) is 28.7. The van der Waals surface area contributed by atoms with Gasteiger partial charge in [-0.15, -0.1) is 0 Å². The normalized spacial score (nSPS) is 47.3. The van der Waals surface area contributed by atoms with Crippen molar-refractivity contribution in [1.82, 2.24) is 10.3 Å². The van der Waals surface area contributed by atoms with Gasteiger partial charge in [0.25, 0.3) is 0 Å². The molecule has 0 saturated heterocycles. The average molecular weight is 547 g/mol. The molecule has 1 aromatic heterocycles. The molecule has 0 spiro atoms. The third-order valence-corrected chi connectivity index (χ3v) is 14.7. The highest BCUT2D eigenvalue weighted by Gasteiger charge is 2.71. The van der Waals surface area contributed by atoms with Crippen LogP contribution in [-0.4, -0.2) is 22.1 Å². The summed E-state index contributed by atoms with van der Waals surface area (Å²) in [5.41, 5.74) is 2.66. The Bertz CT molecular complexity index is 1160. The number of aliphatic hydroxyl groups excluding tert-OH is 1. The van der Waals surface area contributed by atoms with Crippen LogP contribution in [0.4, 0.5) is 0 Å². The van der Waals surface area contributed by atoms with Gasteiger partial charge < -0.3 is 10.4 Å². The molecular weight excluding hydrogens is 492 g/mol. The van der Waals surface area contributed by atoms with Gasteiger partial charge in [0.05, 0.1) is 23.8 Å². The van der Waals surface area contributed by atoms with E-state index >= 15 is 0 Å². The van der Waals surface area contributed by atoms with Gasteiger partial charge in [0.2, 0.25) is 5.91 Å². The number of rotatable bonds is 4. The van der Waals surface area contributed by atoms with Crippen molar-refractivity contribution in [2.24, 2.45) is 56.7 Å². The molecule has 0 bridgehead atoms. The number of carbonyl (C=O) groups excluding carboxylic acids is 1. The molecule has 0 aliphatic heterocycles. The molecule has 40 heavy (non-hydrogen) atoms. The van der Waals surface area contributed by atoms with E-state index in [1.807, 2.05) is 24.4 Å². The fourth-order valence-corrected chi connectivity index (χ4v) is 12.4. The molecule has 220 valence electrons.